The normalized spacial score (nSPS) is 12.6. The molecular formula is C21H29N5O4. The molecule has 0 saturated heterocycles. The van der Waals surface area contributed by atoms with Crippen LogP contribution in [0.3, 0.4) is 0 Å². The minimum atomic E-state index is -0.457. The molecule has 0 atom stereocenters. The summed E-state index contributed by atoms with van der Waals surface area (Å²) in [5, 5.41) is 14.3. The number of benzene rings is 1. The second kappa shape index (κ2) is 9.17. The zero-order valence-electron chi connectivity index (χ0n) is 17.9. The van der Waals surface area contributed by atoms with Crippen LogP contribution in [0.15, 0.2) is 29.3 Å². The lowest BCUT2D eigenvalue weighted by atomic mass is 10.1. The first kappa shape index (κ1) is 21.6. The molecule has 0 aliphatic rings. The number of H-pyrrole nitrogens is 1. The number of nitrogens with one attached hydrogen (secondary N) is 2. The summed E-state index contributed by atoms with van der Waals surface area (Å²) in [6, 6.07) is 7.46. The molecule has 0 bridgehead atoms. The summed E-state index contributed by atoms with van der Waals surface area (Å²) in [7, 11) is 0. The van der Waals surface area contributed by atoms with E-state index in [2.05, 4.69) is 20.3 Å². The van der Waals surface area contributed by atoms with Crippen LogP contribution in [-0.4, -0.2) is 51.3 Å². The van der Waals surface area contributed by atoms with Crippen LogP contribution >= 0.6 is 0 Å². The van der Waals surface area contributed by atoms with E-state index in [1.165, 1.54) is 0 Å². The van der Waals surface area contributed by atoms with Gasteiger partial charge in [-0.15, -0.1) is 0 Å². The van der Waals surface area contributed by atoms with Gasteiger partial charge in [-0.3, -0.25) is 4.99 Å². The Labute approximate surface area is 174 Å². The molecule has 3 rings (SSSR count). The smallest absolute Gasteiger partial charge is 0.407 e. The topological polar surface area (TPSA) is 114 Å². The minimum absolute atomic E-state index is 0.228. The van der Waals surface area contributed by atoms with Crippen molar-refractivity contribution in [3.05, 3.63) is 35.6 Å². The average Bonchev–Trinajstić information content (AvgIpc) is 3.11. The van der Waals surface area contributed by atoms with Gasteiger partial charge in [0, 0.05) is 30.5 Å². The molecule has 3 aromatic rings. The highest BCUT2D eigenvalue weighted by Gasteiger charge is 2.15. The van der Waals surface area contributed by atoms with Crippen LogP contribution in [-0.2, 0) is 16.1 Å². The Kier molecular flexibility index (Phi) is 6.61. The van der Waals surface area contributed by atoms with E-state index in [1.54, 1.807) is 0 Å². The van der Waals surface area contributed by atoms with Crippen molar-refractivity contribution in [2.24, 2.45) is 4.99 Å². The van der Waals surface area contributed by atoms with E-state index in [0.717, 1.165) is 15.6 Å². The van der Waals surface area contributed by atoms with Gasteiger partial charge in [0.15, 0.2) is 5.49 Å². The van der Waals surface area contributed by atoms with Gasteiger partial charge in [-0.25, -0.2) is 9.78 Å². The van der Waals surface area contributed by atoms with Crippen LogP contribution in [0, 0.1) is 0 Å². The summed E-state index contributed by atoms with van der Waals surface area (Å²) in [5.74, 6) is 0.668. The van der Waals surface area contributed by atoms with Crippen molar-refractivity contribution in [1.82, 2.24) is 20.0 Å². The molecule has 2 aromatic heterocycles. The molecule has 0 fully saturated rings. The Bertz CT molecular complexity index is 1090. The molecule has 0 aliphatic heterocycles. The molecule has 0 radical (unpaired) electrons. The molecule has 0 saturated carbocycles. The van der Waals surface area contributed by atoms with Gasteiger partial charge in [0.25, 0.3) is 0 Å². The van der Waals surface area contributed by atoms with Crippen LogP contribution in [0.5, 0.6) is 0 Å². The quantitative estimate of drug-likeness (QED) is 0.405. The van der Waals surface area contributed by atoms with Gasteiger partial charge in [-0.1, -0.05) is 18.2 Å². The fourth-order valence-corrected chi connectivity index (χ4v) is 3.03. The highest BCUT2D eigenvalue weighted by atomic mass is 16.5. The lowest BCUT2D eigenvalue weighted by Crippen LogP contribution is -2.41. The summed E-state index contributed by atoms with van der Waals surface area (Å²) in [6.45, 7) is 9.11. The third kappa shape index (κ3) is 5.10. The SMILES string of the molecule is CCOCc1nc2c([nH]1)c(=NCCCOC(=O)NC(C)(C)C)n(O)c1ccccc21. The summed E-state index contributed by atoms with van der Waals surface area (Å²) >= 11 is 0. The molecule has 0 unspecified atom stereocenters. The predicted molar refractivity (Wildman–Crippen MR) is 113 cm³/mol. The number of hydrogen-bond donors (Lipinski definition) is 3. The number of para-hydroxylation sites is 1. The summed E-state index contributed by atoms with van der Waals surface area (Å²) < 4.78 is 11.7. The Balaban J connectivity index is 1.83. The number of nitrogens with zero attached hydrogens (tertiary/aromatic N) is 3. The van der Waals surface area contributed by atoms with Crippen LogP contribution in [0.4, 0.5) is 4.79 Å². The second-order valence-corrected chi connectivity index (χ2v) is 7.94. The number of carbonyl (C=O) groups excluding carboxylic acids is 1. The standard InChI is InChI=1S/C21H29N5O4/c1-5-29-13-16-23-17-14-9-6-7-10-15(14)26(28)19(18(17)24-16)22-11-8-12-30-20(27)25-21(2,3)4/h6-7,9-10,28H,5,8,11-13H2,1-4H3,(H,23,24)(H,25,27). The van der Waals surface area contributed by atoms with Crippen molar-refractivity contribution in [2.45, 2.75) is 46.3 Å². The van der Waals surface area contributed by atoms with E-state index >= 15 is 0 Å². The fourth-order valence-electron chi connectivity index (χ4n) is 3.03. The van der Waals surface area contributed by atoms with E-state index in [4.69, 9.17) is 9.47 Å². The first-order valence-corrected chi connectivity index (χ1v) is 10.0. The molecule has 0 spiro atoms. The van der Waals surface area contributed by atoms with Crippen LogP contribution in [0.1, 0.15) is 39.9 Å². The minimum Gasteiger partial charge on any atom is -0.449 e. The van der Waals surface area contributed by atoms with Gasteiger partial charge >= 0.3 is 6.09 Å². The number of imidazole rings is 1. The van der Waals surface area contributed by atoms with Crippen molar-refractivity contribution in [2.75, 3.05) is 19.8 Å². The number of rotatable bonds is 7. The zero-order valence-corrected chi connectivity index (χ0v) is 17.9. The molecule has 2 heterocycles. The van der Waals surface area contributed by atoms with Crippen LogP contribution in [0.2, 0.25) is 0 Å². The zero-order chi connectivity index (χ0) is 21.7. The molecule has 30 heavy (non-hydrogen) atoms. The van der Waals surface area contributed by atoms with E-state index in [-0.39, 0.29) is 12.1 Å². The maximum atomic E-state index is 11.7. The Morgan fingerprint density at radius 2 is 2.10 bits per heavy atom. The van der Waals surface area contributed by atoms with E-state index in [1.807, 2.05) is 52.0 Å². The number of amides is 1. The number of hydrogen-bond acceptors (Lipinski definition) is 6. The van der Waals surface area contributed by atoms with Gasteiger partial charge in [-0.05, 0) is 33.8 Å². The number of fused-ring (bicyclic) bond motifs is 3. The lowest BCUT2D eigenvalue weighted by molar-refractivity contribution is 0.129. The van der Waals surface area contributed by atoms with Gasteiger partial charge in [0.2, 0.25) is 0 Å². The van der Waals surface area contributed by atoms with E-state index in [0.29, 0.717) is 48.5 Å². The molecule has 162 valence electrons. The summed E-state index contributed by atoms with van der Waals surface area (Å²) in [6.07, 6.45) is 0.0631. The number of aromatic nitrogens is 3. The maximum absolute atomic E-state index is 11.7. The van der Waals surface area contributed by atoms with E-state index < -0.39 is 6.09 Å². The summed E-state index contributed by atoms with van der Waals surface area (Å²) in [4.78, 5) is 24.1. The van der Waals surface area contributed by atoms with Crippen molar-refractivity contribution in [1.29, 1.82) is 0 Å². The van der Waals surface area contributed by atoms with Crippen molar-refractivity contribution in [3.8, 4) is 0 Å². The van der Waals surface area contributed by atoms with Gasteiger partial charge in [0.05, 0.1) is 12.1 Å². The maximum Gasteiger partial charge on any atom is 0.407 e. The van der Waals surface area contributed by atoms with Crippen molar-refractivity contribution >= 4 is 28.0 Å². The van der Waals surface area contributed by atoms with Gasteiger partial charge in [0.1, 0.15) is 23.5 Å². The van der Waals surface area contributed by atoms with Gasteiger partial charge in [-0.2, -0.15) is 4.73 Å². The highest BCUT2D eigenvalue weighted by Crippen LogP contribution is 2.20. The third-order valence-corrected chi connectivity index (χ3v) is 4.28. The van der Waals surface area contributed by atoms with E-state index in [9.17, 15) is 10.0 Å². The van der Waals surface area contributed by atoms with Crippen LogP contribution < -0.4 is 10.8 Å². The summed E-state index contributed by atoms with van der Waals surface area (Å²) in [5.41, 5.74) is 2.00. The molecule has 1 amide bonds. The highest BCUT2D eigenvalue weighted by molar-refractivity contribution is 6.01. The monoisotopic (exact) mass is 415 g/mol. The molecule has 0 aliphatic carbocycles. The molecule has 1 aromatic carbocycles. The van der Waals surface area contributed by atoms with Crippen molar-refractivity contribution < 1.29 is 19.5 Å². The number of alkyl carbamates (subject to hydrolysis) is 1. The molecule has 9 heteroatoms. The lowest BCUT2D eigenvalue weighted by Gasteiger charge is -2.19. The predicted octanol–water partition coefficient (Wildman–Crippen LogP) is 3.11. The van der Waals surface area contributed by atoms with Crippen molar-refractivity contribution in [3.63, 3.8) is 0 Å². The first-order valence-electron chi connectivity index (χ1n) is 10.0. The number of aromatic amines is 1. The third-order valence-electron chi connectivity index (χ3n) is 4.28. The average molecular weight is 415 g/mol. The Morgan fingerprint density at radius 1 is 1.33 bits per heavy atom. The largest absolute Gasteiger partial charge is 0.449 e. The number of pyridine rings is 1. The molecular weight excluding hydrogens is 386 g/mol. The molecule has 9 nitrogen and oxygen atoms in total. The molecule has 3 N–H and O–H groups in total. The number of ether oxygens (including phenoxy) is 2. The Morgan fingerprint density at radius 3 is 2.83 bits per heavy atom. The number of carbonyl (C=O) groups is 1. The first-order chi connectivity index (χ1) is 14.3. The fraction of sp³-hybridized carbons (Fsp3) is 0.476. The van der Waals surface area contributed by atoms with Crippen LogP contribution in [0.25, 0.3) is 21.9 Å². The Hall–Kier alpha value is -3.07. The second-order valence-electron chi connectivity index (χ2n) is 7.94. The van der Waals surface area contributed by atoms with Gasteiger partial charge < -0.3 is 25.0 Å².